The largest absolute Gasteiger partial charge is 0.492 e. The normalized spacial score (nSPS) is 20.9. The van der Waals surface area contributed by atoms with Crippen molar-refractivity contribution in [3.63, 3.8) is 0 Å². The number of benzene rings is 1. The fraction of sp³-hybridized carbons (Fsp3) is 0.571. The van der Waals surface area contributed by atoms with Crippen LogP contribution >= 0.6 is 0 Å². The lowest BCUT2D eigenvalue weighted by molar-refractivity contribution is 0.0928. The first-order valence-corrected chi connectivity index (χ1v) is 7.08. The summed E-state index contributed by atoms with van der Waals surface area (Å²) in [7, 11) is 0.710. The first kappa shape index (κ1) is 15.3. The van der Waals surface area contributed by atoms with Gasteiger partial charge in [-0.05, 0) is 31.6 Å². The molecular formula is C14H23BN2O3. The summed E-state index contributed by atoms with van der Waals surface area (Å²) in [5.74, 6) is 0.678. The van der Waals surface area contributed by atoms with Gasteiger partial charge in [0.05, 0.1) is 0 Å². The van der Waals surface area contributed by atoms with Crippen molar-refractivity contribution in [2.45, 2.75) is 13.0 Å². The van der Waals surface area contributed by atoms with E-state index in [0.29, 0.717) is 23.9 Å². The van der Waals surface area contributed by atoms with Crippen molar-refractivity contribution in [1.29, 1.82) is 0 Å². The predicted molar refractivity (Wildman–Crippen MR) is 80.3 cm³/mol. The topological polar surface area (TPSA) is 56.2 Å². The summed E-state index contributed by atoms with van der Waals surface area (Å²) in [6, 6.07) is 7.51. The lowest BCUT2D eigenvalue weighted by Gasteiger charge is -2.37. The molecule has 1 aromatic rings. The highest BCUT2D eigenvalue weighted by molar-refractivity contribution is 6.58. The van der Waals surface area contributed by atoms with E-state index in [4.69, 9.17) is 14.8 Å². The van der Waals surface area contributed by atoms with Gasteiger partial charge in [-0.3, -0.25) is 4.90 Å². The monoisotopic (exact) mass is 278 g/mol. The van der Waals surface area contributed by atoms with Gasteiger partial charge in [-0.15, -0.1) is 0 Å². The highest BCUT2D eigenvalue weighted by Gasteiger charge is 2.20. The molecule has 0 radical (unpaired) electrons. The van der Waals surface area contributed by atoms with Crippen LogP contribution in [0.1, 0.15) is 6.92 Å². The van der Waals surface area contributed by atoms with E-state index in [1.807, 2.05) is 6.07 Å². The molecule has 0 bridgehead atoms. The van der Waals surface area contributed by atoms with E-state index in [2.05, 4.69) is 23.8 Å². The summed E-state index contributed by atoms with van der Waals surface area (Å²) in [6.45, 7) is 6.97. The second-order valence-corrected chi connectivity index (χ2v) is 5.42. The lowest BCUT2D eigenvalue weighted by atomic mass is 9.80. The molecule has 1 aliphatic rings. The zero-order chi connectivity index (χ0) is 14.5. The van der Waals surface area contributed by atoms with E-state index in [9.17, 15) is 0 Å². The summed E-state index contributed by atoms with van der Waals surface area (Å²) in [4.78, 5) is 4.76. The number of hydrogen-bond donors (Lipinski definition) is 2. The van der Waals surface area contributed by atoms with Crippen LogP contribution in [-0.4, -0.2) is 72.8 Å². The fourth-order valence-electron chi connectivity index (χ4n) is 2.38. The number of rotatable bonds is 5. The molecule has 0 saturated carbocycles. The third kappa shape index (κ3) is 4.21. The predicted octanol–water partition coefficient (Wildman–Crippen LogP) is -0.619. The van der Waals surface area contributed by atoms with Crippen LogP contribution < -0.4 is 10.2 Å². The maximum absolute atomic E-state index is 9.12. The first-order valence-electron chi connectivity index (χ1n) is 7.08. The second kappa shape index (κ2) is 7.08. The van der Waals surface area contributed by atoms with Gasteiger partial charge in [0.1, 0.15) is 12.4 Å². The minimum Gasteiger partial charge on any atom is -0.492 e. The quantitative estimate of drug-likeness (QED) is 0.703. The van der Waals surface area contributed by atoms with E-state index in [1.54, 1.807) is 18.2 Å². The number of hydrogen-bond acceptors (Lipinski definition) is 5. The number of ether oxygens (including phenoxy) is 1. The molecule has 0 amide bonds. The Kier molecular flexibility index (Phi) is 5.42. The Morgan fingerprint density at radius 3 is 2.85 bits per heavy atom. The minimum atomic E-state index is -1.45. The summed E-state index contributed by atoms with van der Waals surface area (Å²) < 4.78 is 5.68. The molecular weight excluding hydrogens is 255 g/mol. The number of likely N-dealkylation sites (N-methyl/N-ethyl adjacent to an activating group) is 1. The van der Waals surface area contributed by atoms with Crippen LogP contribution in [0.3, 0.4) is 0 Å². The van der Waals surface area contributed by atoms with Gasteiger partial charge in [0.25, 0.3) is 0 Å². The number of nitrogens with zero attached hydrogens (tertiary/aromatic N) is 2. The fourth-order valence-corrected chi connectivity index (χ4v) is 2.38. The lowest BCUT2D eigenvalue weighted by Crippen LogP contribution is -2.50. The van der Waals surface area contributed by atoms with Crippen molar-refractivity contribution in [3.8, 4) is 5.75 Å². The van der Waals surface area contributed by atoms with E-state index in [-0.39, 0.29) is 0 Å². The minimum absolute atomic E-state index is 0.454. The maximum Gasteiger partial charge on any atom is 0.488 e. The summed E-state index contributed by atoms with van der Waals surface area (Å²) in [5, 5.41) is 18.2. The SMILES string of the molecule is CC1CN(CCOc2cccc(B(O)O)c2)CCN1C. The molecule has 5 nitrogen and oxygen atoms in total. The Morgan fingerprint density at radius 1 is 1.35 bits per heavy atom. The van der Waals surface area contributed by atoms with E-state index in [0.717, 1.165) is 26.2 Å². The van der Waals surface area contributed by atoms with Gasteiger partial charge in [0.2, 0.25) is 0 Å². The third-order valence-electron chi connectivity index (χ3n) is 3.88. The van der Waals surface area contributed by atoms with Gasteiger partial charge >= 0.3 is 7.12 Å². The van der Waals surface area contributed by atoms with Crippen molar-refractivity contribution >= 4 is 12.6 Å². The van der Waals surface area contributed by atoms with Gasteiger partial charge in [-0.1, -0.05) is 12.1 Å². The molecule has 110 valence electrons. The molecule has 20 heavy (non-hydrogen) atoms. The van der Waals surface area contributed by atoms with E-state index in [1.165, 1.54) is 0 Å². The van der Waals surface area contributed by atoms with Crippen LogP contribution in [0.4, 0.5) is 0 Å². The molecule has 0 aliphatic carbocycles. The van der Waals surface area contributed by atoms with Gasteiger partial charge in [0, 0.05) is 32.2 Å². The van der Waals surface area contributed by atoms with Crippen LogP contribution in [0.2, 0.25) is 0 Å². The molecule has 1 aromatic carbocycles. The molecule has 2 rings (SSSR count). The molecule has 1 fully saturated rings. The molecule has 1 heterocycles. The zero-order valence-electron chi connectivity index (χ0n) is 12.2. The van der Waals surface area contributed by atoms with Crippen molar-refractivity contribution in [2.24, 2.45) is 0 Å². The molecule has 0 spiro atoms. The Labute approximate surface area is 120 Å². The van der Waals surface area contributed by atoms with Crippen molar-refractivity contribution < 1.29 is 14.8 Å². The first-order chi connectivity index (χ1) is 9.56. The van der Waals surface area contributed by atoms with Crippen LogP contribution in [0.15, 0.2) is 24.3 Å². The maximum atomic E-state index is 9.12. The van der Waals surface area contributed by atoms with Crippen molar-refractivity contribution in [1.82, 2.24) is 9.80 Å². The van der Waals surface area contributed by atoms with Crippen molar-refractivity contribution in [2.75, 3.05) is 39.8 Å². The van der Waals surface area contributed by atoms with Crippen molar-refractivity contribution in [3.05, 3.63) is 24.3 Å². The number of piperazine rings is 1. The second-order valence-electron chi connectivity index (χ2n) is 5.42. The van der Waals surface area contributed by atoms with Crippen LogP contribution in [-0.2, 0) is 0 Å². The zero-order valence-corrected chi connectivity index (χ0v) is 12.2. The van der Waals surface area contributed by atoms with E-state index < -0.39 is 7.12 Å². The Morgan fingerprint density at radius 2 is 2.15 bits per heavy atom. The third-order valence-corrected chi connectivity index (χ3v) is 3.88. The van der Waals surface area contributed by atoms with Gasteiger partial charge in [0.15, 0.2) is 0 Å². The smallest absolute Gasteiger partial charge is 0.488 e. The van der Waals surface area contributed by atoms with Crippen LogP contribution in [0.5, 0.6) is 5.75 Å². The highest BCUT2D eigenvalue weighted by atomic mass is 16.5. The Balaban J connectivity index is 1.77. The van der Waals surface area contributed by atoms with Gasteiger partial charge < -0.3 is 19.7 Å². The summed E-state index contributed by atoms with van der Waals surface area (Å²) in [5.41, 5.74) is 0.454. The molecule has 1 unspecified atom stereocenters. The average molecular weight is 278 g/mol. The van der Waals surface area contributed by atoms with Gasteiger partial charge in [-0.25, -0.2) is 0 Å². The Bertz CT molecular complexity index is 431. The average Bonchev–Trinajstić information content (AvgIpc) is 2.43. The van der Waals surface area contributed by atoms with Gasteiger partial charge in [-0.2, -0.15) is 0 Å². The molecule has 1 saturated heterocycles. The van der Waals surface area contributed by atoms with Crippen LogP contribution in [0.25, 0.3) is 0 Å². The molecule has 1 atom stereocenters. The highest BCUT2D eigenvalue weighted by Crippen LogP contribution is 2.09. The van der Waals surface area contributed by atoms with E-state index >= 15 is 0 Å². The van der Waals surface area contributed by atoms with Crippen LogP contribution in [0, 0.1) is 0 Å². The standard InChI is InChI=1S/C14H23BN2O3/c1-12-11-17(7-6-16(12)2)8-9-20-14-5-3-4-13(10-14)15(18)19/h3-5,10,12,18-19H,6-9,11H2,1-2H3. The Hall–Kier alpha value is -1.08. The molecule has 2 N–H and O–H groups in total. The molecule has 1 aliphatic heterocycles. The summed E-state index contributed by atoms with van der Waals surface area (Å²) >= 11 is 0. The molecule has 0 aromatic heterocycles. The summed E-state index contributed by atoms with van der Waals surface area (Å²) in [6.07, 6.45) is 0. The molecule has 6 heteroatoms.